The molecule has 0 fully saturated rings. The molecule has 5 nitrogen and oxygen atoms in total. The molecule has 0 aliphatic heterocycles. The molecule has 1 N–H and O–H groups in total. The zero-order chi connectivity index (χ0) is 19.3. The predicted octanol–water partition coefficient (Wildman–Crippen LogP) is 5.28. The second-order valence-electron chi connectivity index (χ2n) is 6.07. The molecule has 0 aliphatic carbocycles. The van der Waals surface area contributed by atoms with E-state index in [9.17, 15) is 4.79 Å². The molecule has 28 heavy (non-hydrogen) atoms. The van der Waals surface area contributed by atoms with E-state index in [-0.39, 0.29) is 18.3 Å². The molecule has 0 aliphatic rings. The number of benzene rings is 1. The van der Waals surface area contributed by atoms with Crippen molar-refractivity contribution in [3.05, 3.63) is 81.4 Å². The number of carbonyl (C=O) groups excluding carboxylic acids is 1. The molecular weight excluding hydrogens is 392 g/mol. The lowest BCUT2D eigenvalue weighted by atomic mass is 10.3. The minimum atomic E-state index is -0.245. The molecule has 142 valence electrons. The van der Waals surface area contributed by atoms with Crippen LogP contribution in [-0.4, -0.2) is 10.9 Å². The fourth-order valence-corrected chi connectivity index (χ4v) is 4.19. The lowest BCUT2D eigenvalue weighted by molar-refractivity contribution is 0.0919. The van der Waals surface area contributed by atoms with Crippen LogP contribution in [-0.2, 0) is 13.2 Å². The number of aromatic nitrogens is 1. The van der Waals surface area contributed by atoms with Crippen LogP contribution in [0.1, 0.15) is 26.2 Å². The molecule has 3 aromatic heterocycles. The van der Waals surface area contributed by atoms with Gasteiger partial charge in [-0.1, -0.05) is 18.2 Å². The average Bonchev–Trinajstić information content (AvgIpc) is 3.46. The largest absolute Gasteiger partial charge is 0.486 e. The Morgan fingerprint density at radius 3 is 2.79 bits per heavy atom. The summed E-state index contributed by atoms with van der Waals surface area (Å²) >= 11 is 3.26. The van der Waals surface area contributed by atoms with Gasteiger partial charge in [0, 0.05) is 10.3 Å². The summed E-state index contributed by atoms with van der Waals surface area (Å²) in [7, 11) is 0. The van der Waals surface area contributed by atoms with Crippen LogP contribution in [0.4, 0.5) is 0 Å². The summed E-state index contributed by atoms with van der Waals surface area (Å²) in [4.78, 5) is 19.0. The third-order valence-corrected chi connectivity index (χ3v) is 5.85. The van der Waals surface area contributed by atoms with Crippen LogP contribution in [0.3, 0.4) is 0 Å². The van der Waals surface area contributed by atoms with Crippen LogP contribution in [0.2, 0.25) is 0 Å². The van der Waals surface area contributed by atoms with Crippen molar-refractivity contribution in [2.24, 2.45) is 0 Å². The summed E-state index contributed by atoms with van der Waals surface area (Å²) in [5, 5.41) is 5.98. The van der Waals surface area contributed by atoms with E-state index in [1.807, 2.05) is 54.8 Å². The third-order valence-electron chi connectivity index (χ3n) is 3.97. The van der Waals surface area contributed by atoms with E-state index in [4.69, 9.17) is 9.15 Å². The van der Waals surface area contributed by atoms with Gasteiger partial charge in [-0.25, -0.2) is 4.98 Å². The van der Waals surface area contributed by atoms with E-state index in [1.165, 1.54) is 0 Å². The third kappa shape index (κ3) is 4.49. The van der Waals surface area contributed by atoms with Gasteiger partial charge in [-0.05, 0) is 43.3 Å². The van der Waals surface area contributed by atoms with Crippen molar-refractivity contribution in [3.8, 4) is 16.3 Å². The molecule has 0 spiro atoms. The fraction of sp³-hybridized carbons (Fsp3) is 0.143. The summed E-state index contributed by atoms with van der Waals surface area (Å²) in [6, 6.07) is 16.9. The van der Waals surface area contributed by atoms with E-state index < -0.39 is 0 Å². The molecule has 0 saturated heterocycles. The van der Waals surface area contributed by atoms with E-state index >= 15 is 0 Å². The molecule has 1 aromatic carbocycles. The zero-order valence-electron chi connectivity index (χ0n) is 15.2. The van der Waals surface area contributed by atoms with Crippen LogP contribution in [0, 0.1) is 6.92 Å². The first-order valence-corrected chi connectivity index (χ1v) is 10.4. The predicted molar refractivity (Wildman–Crippen MR) is 111 cm³/mol. The Bertz CT molecular complexity index is 1070. The molecule has 7 heteroatoms. The summed E-state index contributed by atoms with van der Waals surface area (Å²) < 4.78 is 11.2. The number of aryl methyl sites for hydroxylation is 1. The normalized spacial score (nSPS) is 10.8. The highest BCUT2D eigenvalue weighted by atomic mass is 32.1. The minimum Gasteiger partial charge on any atom is -0.486 e. The number of hydrogen-bond acceptors (Lipinski definition) is 6. The summed E-state index contributed by atoms with van der Waals surface area (Å²) in [6.45, 7) is 2.72. The number of hydrogen-bond donors (Lipinski definition) is 1. The van der Waals surface area contributed by atoms with E-state index in [0.717, 1.165) is 26.2 Å². The first-order valence-electron chi connectivity index (χ1n) is 8.73. The standard InChI is InChI=1S/C21H18N2O3S2/c1-14-23-18(13-27-14)20-10-8-17(28-20)11-22-21(24)19-9-7-16(26-19)12-25-15-5-3-2-4-6-15/h2-10,13H,11-12H2,1H3,(H,22,24). The molecule has 0 atom stereocenters. The number of nitrogens with zero attached hydrogens (tertiary/aromatic N) is 1. The van der Waals surface area contributed by atoms with Gasteiger partial charge in [-0.15, -0.1) is 22.7 Å². The Morgan fingerprint density at radius 1 is 1.14 bits per heavy atom. The van der Waals surface area contributed by atoms with Gasteiger partial charge in [0.25, 0.3) is 5.91 Å². The minimum absolute atomic E-state index is 0.245. The Balaban J connectivity index is 1.31. The Hall–Kier alpha value is -2.90. The lowest BCUT2D eigenvalue weighted by Gasteiger charge is -2.03. The lowest BCUT2D eigenvalue weighted by Crippen LogP contribution is -2.21. The molecule has 3 heterocycles. The van der Waals surface area contributed by atoms with Crippen molar-refractivity contribution in [3.63, 3.8) is 0 Å². The monoisotopic (exact) mass is 410 g/mol. The van der Waals surface area contributed by atoms with Gasteiger partial charge < -0.3 is 14.5 Å². The van der Waals surface area contributed by atoms with Crippen molar-refractivity contribution in [1.29, 1.82) is 0 Å². The molecule has 1 amide bonds. The first kappa shape index (κ1) is 18.5. The number of ether oxygens (including phenoxy) is 1. The van der Waals surface area contributed by atoms with Gasteiger partial charge in [0.15, 0.2) is 5.76 Å². The molecule has 0 radical (unpaired) electrons. The van der Waals surface area contributed by atoms with Crippen molar-refractivity contribution < 1.29 is 13.9 Å². The maximum Gasteiger partial charge on any atom is 0.287 e. The van der Waals surface area contributed by atoms with Crippen LogP contribution < -0.4 is 10.1 Å². The highest BCUT2D eigenvalue weighted by Gasteiger charge is 2.12. The zero-order valence-corrected chi connectivity index (χ0v) is 16.8. The van der Waals surface area contributed by atoms with Gasteiger partial charge in [0.2, 0.25) is 0 Å². The maximum atomic E-state index is 12.3. The first-order chi connectivity index (χ1) is 13.7. The molecule has 4 aromatic rings. The Morgan fingerprint density at radius 2 is 2.00 bits per heavy atom. The number of rotatable bonds is 7. The highest BCUT2D eigenvalue weighted by molar-refractivity contribution is 7.16. The van der Waals surface area contributed by atoms with Gasteiger partial charge in [-0.2, -0.15) is 0 Å². The van der Waals surface area contributed by atoms with Gasteiger partial charge in [0.05, 0.1) is 22.1 Å². The summed E-state index contributed by atoms with van der Waals surface area (Å²) in [5.74, 6) is 1.39. The Labute approximate surface area is 170 Å². The number of carbonyl (C=O) groups is 1. The van der Waals surface area contributed by atoms with Crippen molar-refractivity contribution in [1.82, 2.24) is 10.3 Å². The van der Waals surface area contributed by atoms with E-state index in [2.05, 4.69) is 10.3 Å². The molecule has 4 rings (SSSR count). The van der Waals surface area contributed by atoms with Gasteiger partial charge in [-0.3, -0.25) is 4.79 Å². The van der Waals surface area contributed by atoms with Gasteiger partial charge >= 0.3 is 0 Å². The number of amides is 1. The molecule has 0 unspecified atom stereocenters. The quantitative estimate of drug-likeness (QED) is 0.450. The number of thiazole rings is 1. The fourth-order valence-electron chi connectivity index (χ4n) is 2.59. The number of thiophene rings is 1. The van der Waals surface area contributed by atoms with E-state index in [1.54, 1.807) is 34.8 Å². The maximum absolute atomic E-state index is 12.3. The number of nitrogens with one attached hydrogen (secondary N) is 1. The van der Waals surface area contributed by atoms with Crippen molar-refractivity contribution in [2.75, 3.05) is 0 Å². The summed E-state index contributed by atoms with van der Waals surface area (Å²) in [5.41, 5.74) is 0.985. The summed E-state index contributed by atoms with van der Waals surface area (Å²) in [6.07, 6.45) is 0. The second kappa shape index (κ2) is 8.41. The van der Waals surface area contributed by atoms with Crippen molar-refractivity contribution in [2.45, 2.75) is 20.1 Å². The highest BCUT2D eigenvalue weighted by Crippen LogP contribution is 2.29. The topological polar surface area (TPSA) is 64.4 Å². The Kier molecular flexibility index (Phi) is 5.55. The second-order valence-corrected chi connectivity index (χ2v) is 8.30. The average molecular weight is 411 g/mol. The van der Waals surface area contributed by atoms with Crippen LogP contribution in [0.25, 0.3) is 10.6 Å². The number of para-hydroxylation sites is 1. The SMILES string of the molecule is Cc1nc(-c2ccc(CNC(=O)c3ccc(COc4ccccc4)o3)s2)cs1. The van der Waals surface area contributed by atoms with Crippen LogP contribution in [0.5, 0.6) is 5.75 Å². The van der Waals surface area contributed by atoms with Crippen molar-refractivity contribution >= 4 is 28.6 Å². The van der Waals surface area contributed by atoms with Crippen LogP contribution in [0.15, 0.2) is 64.4 Å². The number of furan rings is 1. The molecule has 0 bridgehead atoms. The molecular formula is C21H18N2O3S2. The van der Waals surface area contributed by atoms with Gasteiger partial charge in [0.1, 0.15) is 18.1 Å². The van der Waals surface area contributed by atoms with Crippen LogP contribution >= 0.6 is 22.7 Å². The van der Waals surface area contributed by atoms with E-state index in [0.29, 0.717) is 12.3 Å². The smallest absolute Gasteiger partial charge is 0.287 e. The molecule has 0 saturated carbocycles.